The fourth-order valence-electron chi connectivity index (χ4n) is 1.39. The number of aromatic nitrogens is 1. The minimum Gasteiger partial charge on any atom is -0.256 e. The van der Waals surface area contributed by atoms with Crippen molar-refractivity contribution in [2.24, 2.45) is 0 Å². The summed E-state index contributed by atoms with van der Waals surface area (Å²) in [5.74, 6) is 0. The van der Waals surface area contributed by atoms with Crippen molar-refractivity contribution in [2.45, 2.75) is 13.1 Å². The van der Waals surface area contributed by atoms with Gasteiger partial charge in [-0.25, -0.2) is 0 Å². The van der Waals surface area contributed by atoms with Gasteiger partial charge in [-0.1, -0.05) is 12.1 Å². The molecule has 1 nitrogen and oxygen atoms in total. The molecule has 2 heteroatoms. The lowest BCUT2D eigenvalue weighted by atomic mass is 10.1. The minimum absolute atomic E-state index is 0.969. The van der Waals surface area contributed by atoms with E-state index >= 15 is 0 Å². The highest BCUT2D eigenvalue weighted by molar-refractivity contribution is 7.15. The van der Waals surface area contributed by atoms with Crippen molar-refractivity contribution in [2.75, 3.05) is 0 Å². The molecule has 0 amide bonds. The maximum atomic E-state index is 4.40. The summed E-state index contributed by atoms with van der Waals surface area (Å²) in [6.45, 7) is 2.09. The van der Waals surface area contributed by atoms with Gasteiger partial charge in [0.25, 0.3) is 0 Å². The van der Waals surface area contributed by atoms with Crippen molar-refractivity contribution in [1.29, 1.82) is 0 Å². The molecule has 66 valence electrons. The van der Waals surface area contributed by atoms with Gasteiger partial charge in [0.1, 0.15) is 0 Å². The SMILES string of the molecule is Cc1ccc2cc(CP)cnc2c1. The molecule has 0 aliphatic rings. The Morgan fingerprint density at radius 2 is 2.15 bits per heavy atom. The Morgan fingerprint density at radius 1 is 1.31 bits per heavy atom. The first kappa shape index (κ1) is 8.65. The van der Waals surface area contributed by atoms with Gasteiger partial charge in [0.05, 0.1) is 5.52 Å². The highest BCUT2D eigenvalue weighted by Gasteiger charge is 1.96. The first-order valence-electron chi connectivity index (χ1n) is 4.35. The molecule has 13 heavy (non-hydrogen) atoms. The van der Waals surface area contributed by atoms with Crippen molar-refractivity contribution in [1.82, 2.24) is 4.98 Å². The molecule has 0 saturated carbocycles. The highest BCUT2D eigenvalue weighted by atomic mass is 31.0. The van der Waals surface area contributed by atoms with E-state index in [0.717, 1.165) is 11.7 Å². The van der Waals surface area contributed by atoms with Gasteiger partial charge in [0.2, 0.25) is 0 Å². The summed E-state index contributed by atoms with van der Waals surface area (Å²) in [6, 6.07) is 8.55. The van der Waals surface area contributed by atoms with E-state index in [-0.39, 0.29) is 0 Å². The summed E-state index contributed by atoms with van der Waals surface area (Å²) >= 11 is 0. The van der Waals surface area contributed by atoms with Gasteiger partial charge in [-0.2, -0.15) is 0 Å². The molecule has 1 aromatic heterocycles. The number of rotatable bonds is 1. The first-order valence-corrected chi connectivity index (χ1v) is 5.16. The van der Waals surface area contributed by atoms with Crippen LogP contribution in [0.15, 0.2) is 30.5 Å². The normalized spacial score (nSPS) is 10.6. The van der Waals surface area contributed by atoms with Crippen molar-refractivity contribution in [3.05, 3.63) is 41.6 Å². The quantitative estimate of drug-likeness (QED) is 0.628. The van der Waals surface area contributed by atoms with Gasteiger partial charge < -0.3 is 0 Å². The van der Waals surface area contributed by atoms with Gasteiger partial charge in [-0.15, -0.1) is 9.24 Å². The second kappa shape index (κ2) is 3.43. The molecule has 1 atom stereocenters. The molecule has 1 unspecified atom stereocenters. The van der Waals surface area contributed by atoms with Gasteiger partial charge in [0.15, 0.2) is 0 Å². The summed E-state index contributed by atoms with van der Waals surface area (Å²) < 4.78 is 0. The molecule has 0 aliphatic carbocycles. The van der Waals surface area contributed by atoms with Gasteiger partial charge in [-0.05, 0) is 36.3 Å². The zero-order valence-electron chi connectivity index (χ0n) is 7.62. The second-order valence-electron chi connectivity index (χ2n) is 3.24. The Hall–Kier alpha value is -0.940. The predicted molar refractivity (Wildman–Crippen MR) is 59.9 cm³/mol. The zero-order valence-corrected chi connectivity index (χ0v) is 8.77. The van der Waals surface area contributed by atoms with Crippen LogP contribution in [0.4, 0.5) is 0 Å². The highest BCUT2D eigenvalue weighted by Crippen LogP contribution is 2.16. The van der Waals surface area contributed by atoms with Gasteiger partial charge in [0, 0.05) is 11.6 Å². The summed E-state index contributed by atoms with van der Waals surface area (Å²) in [5.41, 5.74) is 3.61. The predicted octanol–water partition coefficient (Wildman–Crippen LogP) is 2.92. The van der Waals surface area contributed by atoms with Crippen LogP contribution in [-0.2, 0) is 6.16 Å². The first-order chi connectivity index (χ1) is 6.29. The molecule has 1 aromatic carbocycles. The van der Waals surface area contributed by atoms with E-state index in [1.54, 1.807) is 0 Å². The van der Waals surface area contributed by atoms with Crippen LogP contribution in [-0.4, -0.2) is 4.98 Å². The molecule has 0 fully saturated rings. The molecule has 0 radical (unpaired) electrons. The van der Waals surface area contributed by atoms with E-state index in [4.69, 9.17) is 0 Å². The number of hydrogen-bond donors (Lipinski definition) is 0. The molecule has 0 saturated heterocycles. The van der Waals surface area contributed by atoms with Crippen LogP contribution >= 0.6 is 9.24 Å². The second-order valence-corrected chi connectivity index (χ2v) is 3.65. The Bertz CT molecular complexity index is 437. The average molecular weight is 189 g/mol. The van der Waals surface area contributed by atoms with Crippen LogP contribution in [0.1, 0.15) is 11.1 Å². The summed E-state index contributed by atoms with van der Waals surface area (Å²) in [5, 5.41) is 1.23. The van der Waals surface area contributed by atoms with Crippen LogP contribution in [0, 0.1) is 6.92 Å². The monoisotopic (exact) mass is 189 g/mol. The largest absolute Gasteiger partial charge is 0.256 e. The number of hydrogen-bond acceptors (Lipinski definition) is 1. The fourth-order valence-corrected chi connectivity index (χ4v) is 1.61. The Labute approximate surface area is 80.4 Å². The van der Waals surface area contributed by atoms with Crippen LogP contribution in [0.5, 0.6) is 0 Å². The third kappa shape index (κ3) is 1.71. The summed E-state index contributed by atoms with van der Waals surface area (Å²) in [4.78, 5) is 4.40. The fraction of sp³-hybridized carbons (Fsp3) is 0.182. The van der Waals surface area contributed by atoms with E-state index < -0.39 is 0 Å². The number of aryl methyl sites for hydroxylation is 1. The summed E-state index contributed by atoms with van der Waals surface area (Å²) in [7, 11) is 2.71. The maximum absolute atomic E-state index is 4.40. The lowest BCUT2D eigenvalue weighted by molar-refractivity contribution is 1.30. The molecular weight excluding hydrogens is 177 g/mol. The van der Waals surface area contributed by atoms with Crippen LogP contribution in [0.3, 0.4) is 0 Å². The molecule has 2 rings (SSSR count). The van der Waals surface area contributed by atoms with Crippen molar-refractivity contribution < 1.29 is 0 Å². The molecule has 1 heterocycles. The topological polar surface area (TPSA) is 12.9 Å². The van der Waals surface area contributed by atoms with E-state index in [0.29, 0.717) is 0 Å². The Kier molecular flexibility index (Phi) is 2.28. The number of nitrogens with zero attached hydrogens (tertiary/aromatic N) is 1. The third-order valence-corrected chi connectivity index (χ3v) is 2.60. The van der Waals surface area contributed by atoms with E-state index in [1.807, 2.05) is 6.20 Å². The number of pyridine rings is 1. The van der Waals surface area contributed by atoms with Crippen LogP contribution in [0.25, 0.3) is 10.9 Å². The maximum Gasteiger partial charge on any atom is 0.0704 e. The minimum atomic E-state index is 0.969. The third-order valence-electron chi connectivity index (χ3n) is 2.13. The van der Waals surface area contributed by atoms with Gasteiger partial charge in [-0.3, -0.25) is 4.98 Å². The Morgan fingerprint density at radius 3 is 2.92 bits per heavy atom. The average Bonchev–Trinajstić information content (AvgIpc) is 2.17. The van der Waals surface area contributed by atoms with E-state index in [1.165, 1.54) is 16.5 Å². The summed E-state index contributed by atoms with van der Waals surface area (Å²) in [6.07, 6.45) is 2.91. The Balaban J connectivity index is 2.66. The van der Waals surface area contributed by atoms with E-state index in [2.05, 4.69) is 45.4 Å². The number of fused-ring (bicyclic) bond motifs is 1. The standard InChI is InChI=1S/C11H12NP/c1-8-2-3-10-5-9(7-13)6-12-11(10)4-8/h2-6H,7,13H2,1H3. The van der Waals surface area contributed by atoms with Crippen molar-refractivity contribution in [3.63, 3.8) is 0 Å². The van der Waals surface area contributed by atoms with Crippen molar-refractivity contribution in [3.8, 4) is 0 Å². The van der Waals surface area contributed by atoms with Crippen molar-refractivity contribution >= 4 is 20.1 Å². The van der Waals surface area contributed by atoms with Gasteiger partial charge >= 0.3 is 0 Å². The molecule has 0 spiro atoms. The molecule has 0 aliphatic heterocycles. The smallest absolute Gasteiger partial charge is 0.0704 e. The lowest BCUT2D eigenvalue weighted by Gasteiger charge is -2.00. The van der Waals surface area contributed by atoms with Crippen LogP contribution < -0.4 is 0 Å². The number of benzene rings is 1. The van der Waals surface area contributed by atoms with E-state index in [9.17, 15) is 0 Å². The molecular formula is C11H12NP. The van der Waals surface area contributed by atoms with Crippen LogP contribution in [0.2, 0.25) is 0 Å². The molecule has 2 aromatic rings. The zero-order chi connectivity index (χ0) is 9.26. The molecule has 0 bridgehead atoms. The lowest BCUT2D eigenvalue weighted by Crippen LogP contribution is -1.83. The molecule has 0 N–H and O–H groups in total.